The first-order chi connectivity index (χ1) is 10.0. The van der Waals surface area contributed by atoms with E-state index in [1.807, 2.05) is 6.07 Å². The summed E-state index contributed by atoms with van der Waals surface area (Å²) in [4.78, 5) is 11.0. The minimum Gasteiger partial charge on any atom is -0.493 e. The second kappa shape index (κ2) is 5.92. The molecule has 0 aliphatic rings. The lowest BCUT2D eigenvalue weighted by atomic mass is 10.2. The number of methoxy groups -OCH3 is 1. The summed E-state index contributed by atoms with van der Waals surface area (Å²) in [6.07, 6.45) is 0. The van der Waals surface area contributed by atoms with Gasteiger partial charge < -0.3 is 14.6 Å². The van der Waals surface area contributed by atoms with Crippen molar-refractivity contribution in [1.29, 1.82) is 5.26 Å². The van der Waals surface area contributed by atoms with Crippen LogP contribution in [0.3, 0.4) is 0 Å². The largest absolute Gasteiger partial charge is 0.493 e. The summed E-state index contributed by atoms with van der Waals surface area (Å²) in [6.45, 7) is 0. The van der Waals surface area contributed by atoms with Crippen LogP contribution in [0.2, 0.25) is 0 Å². The van der Waals surface area contributed by atoms with Gasteiger partial charge in [-0.25, -0.2) is 9.18 Å². The Hall–Kier alpha value is -3.07. The topological polar surface area (TPSA) is 79.6 Å². The van der Waals surface area contributed by atoms with Crippen LogP contribution in [0.4, 0.5) is 4.39 Å². The van der Waals surface area contributed by atoms with Crippen LogP contribution in [0.25, 0.3) is 0 Å². The Morgan fingerprint density at radius 2 is 1.90 bits per heavy atom. The molecule has 0 saturated carbocycles. The van der Waals surface area contributed by atoms with Crippen molar-refractivity contribution >= 4 is 5.97 Å². The molecule has 0 radical (unpaired) electrons. The van der Waals surface area contributed by atoms with Crippen LogP contribution >= 0.6 is 0 Å². The molecule has 1 N–H and O–H groups in total. The maximum Gasteiger partial charge on any atom is 0.335 e. The minimum atomic E-state index is -1.12. The molecule has 2 aromatic carbocycles. The van der Waals surface area contributed by atoms with Crippen molar-refractivity contribution < 1.29 is 23.8 Å². The number of hydrogen-bond acceptors (Lipinski definition) is 4. The third-order valence-corrected chi connectivity index (χ3v) is 2.69. The van der Waals surface area contributed by atoms with E-state index in [0.29, 0.717) is 5.75 Å². The number of nitrogens with zero attached hydrogens (tertiary/aromatic N) is 1. The molecule has 0 bridgehead atoms. The van der Waals surface area contributed by atoms with Crippen LogP contribution in [0.5, 0.6) is 17.2 Å². The van der Waals surface area contributed by atoms with Crippen LogP contribution < -0.4 is 9.47 Å². The molecule has 0 atom stereocenters. The number of halogens is 1. The number of benzene rings is 2. The zero-order valence-electron chi connectivity index (χ0n) is 11.0. The Labute approximate surface area is 119 Å². The molecule has 0 amide bonds. The van der Waals surface area contributed by atoms with E-state index in [0.717, 1.165) is 12.1 Å². The van der Waals surface area contributed by atoms with Crippen molar-refractivity contribution in [2.45, 2.75) is 0 Å². The van der Waals surface area contributed by atoms with Crippen LogP contribution in [0.15, 0.2) is 36.4 Å². The van der Waals surface area contributed by atoms with Crippen molar-refractivity contribution in [3.63, 3.8) is 0 Å². The molecular formula is C15H10FNO4. The Kier molecular flexibility index (Phi) is 4.05. The Morgan fingerprint density at radius 1 is 1.19 bits per heavy atom. The van der Waals surface area contributed by atoms with E-state index in [9.17, 15) is 9.18 Å². The standard InChI is InChI=1S/C15H10FNO4/c1-20-13-4-2-9(15(18)19)7-14(13)21-12-5-3-11(16)6-10(12)8-17/h2-7H,1H3,(H,18,19). The number of rotatable bonds is 4. The lowest BCUT2D eigenvalue weighted by molar-refractivity contribution is 0.0696. The molecule has 0 saturated heterocycles. The first-order valence-corrected chi connectivity index (χ1v) is 5.84. The van der Waals surface area contributed by atoms with Crippen LogP contribution in [0.1, 0.15) is 15.9 Å². The molecule has 0 aromatic heterocycles. The summed E-state index contributed by atoms with van der Waals surface area (Å²) >= 11 is 0. The van der Waals surface area contributed by atoms with Crippen molar-refractivity contribution in [3.8, 4) is 23.3 Å². The molecule has 0 fully saturated rings. The molecule has 0 aliphatic heterocycles. The number of nitriles is 1. The quantitative estimate of drug-likeness (QED) is 0.934. The summed E-state index contributed by atoms with van der Waals surface area (Å²) in [7, 11) is 1.40. The highest BCUT2D eigenvalue weighted by Crippen LogP contribution is 2.34. The van der Waals surface area contributed by atoms with E-state index in [4.69, 9.17) is 19.8 Å². The first-order valence-electron chi connectivity index (χ1n) is 5.84. The van der Waals surface area contributed by atoms with Gasteiger partial charge in [0.05, 0.1) is 18.2 Å². The van der Waals surface area contributed by atoms with Crippen LogP contribution in [-0.4, -0.2) is 18.2 Å². The molecule has 0 unspecified atom stereocenters. The fraction of sp³-hybridized carbons (Fsp3) is 0.0667. The fourth-order valence-corrected chi connectivity index (χ4v) is 1.69. The second-order valence-electron chi connectivity index (χ2n) is 4.03. The fourth-order valence-electron chi connectivity index (χ4n) is 1.69. The molecule has 6 heteroatoms. The smallest absolute Gasteiger partial charge is 0.335 e. The molecule has 0 aliphatic carbocycles. The van der Waals surface area contributed by atoms with Gasteiger partial charge in [0, 0.05) is 0 Å². The molecule has 106 valence electrons. The SMILES string of the molecule is COc1ccc(C(=O)O)cc1Oc1ccc(F)cc1C#N. The second-order valence-corrected chi connectivity index (χ2v) is 4.03. The average molecular weight is 287 g/mol. The third-order valence-electron chi connectivity index (χ3n) is 2.69. The van der Waals surface area contributed by atoms with Gasteiger partial charge in [-0.2, -0.15) is 5.26 Å². The molecule has 21 heavy (non-hydrogen) atoms. The van der Waals surface area contributed by atoms with E-state index in [1.165, 1.54) is 31.4 Å². The number of carboxylic acid groups (broad SMARTS) is 1. The van der Waals surface area contributed by atoms with Gasteiger partial charge in [0.2, 0.25) is 0 Å². The van der Waals surface area contributed by atoms with E-state index in [2.05, 4.69) is 0 Å². The van der Waals surface area contributed by atoms with E-state index in [1.54, 1.807) is 0 Å². The number of ether oxygens (including phenoxy) is 2. The van der Waals surface area contributed by atoms with Crippen LogP contribution in [-0.2, 0) is 0 Å². The predicted octanol–water partition coefficient (Wildman–Crippen LogP) is 3.20. The highest BCUT2D eigenvalue weighted by molar-refractivity contribution is 5.88. The number of aromatic carboxylic acids is 1. The lowest BCUT2D eigenvalue weighted by Gasteiger charge is -2.12. The average Bonchev–Trinajstić information content (AvgIpc) is 2.48. The monoisotopic (exact) mass is 287 g/mol. The van der Waals surface area contributed by atoms with Gasteiger partial charge in [-0.3, -0.25) is 0 Å². The van der Waals surface area contributed by atoms with Crippen molar-refractivity contribution in [2.24, 2.45) is 0 Å². The van der Waals surface area contributed by atoms with Crippen LogP contribution in [0, 0.1) is 17.1 Å². The predicted molar refractivity (Wildman–Crippen MR) is 71.1 cm³/mol. The maximum absolute atomic E-state index is 13.1. The minimum absolute atomic E-state index is 0.00205. The number of carboxylic acids is 1. The maximum atomic E-state index is 13.1. The van der Waals surface area contributed by atoms with E-state index < -0.39 is 11.8 Å². The van der Waals surface area contributed by atoms with Crippen molar-refractivity contribution in [2.75, 3.05) is 7.11 Å². The molecular weight excluding hydrogens is 277 g/mol. The zero-order chi connectivity index (χ0) is 15.4. The van der Waals surface area contributed by atoms with Gasteiger partial charge in [-0.1, -0.05) is 0 Å². The molecule has 0 heterocycles. The summed E-state index contributed by atoms with van der Waals surface area (Å²) in [5.41, 5.74) is 0.00389. The third kappa shape index (κ3) is 3.09. The normalized spacial score (nSPS) is 9.76. The summed E-state index contributed by atoms with van der Waals surface area (Å²) in [6, 6.07) is 9.35. The lowest BCUT2D eigenvalue weighted by Crippen LogP contribution is -1.99. The van der Waals surface area contributed by atoms with Gasteiger partial charge in [-0.15, -0.1) is 0 Å². The summed E-state index contributed by atoms with van der Waals surface area (Å²) in [5, 5.41) is 17.9. The van der Waals surface area contributed by atoms with Crippen molar-refractivity contribution in [3.05, 3.63) is 53.3 Å². The Morgan fingerprint density at radius 3 is 2.52 bits per heavy atom. The highest BCUT2D eigenvalue weighted by Gasteiger charge is 2.13. The molecule has 0 spiro atoms. The molecule has 5 nitrogen and oxygen atoms in total. The van der Waals surface area contributed by atoms with Gasteiger partial charge in [-0.05, 0) is 36.4 Å². The van der Waals surface area contributed by atoms with E-state index >= 15 is 0 Å². The zero-order valence-corrected chi connectivity index (χ0v) is 11.0. The van der Waals surface area contributed by atoms with E-state index in [-0.39, 0.29) is 22.6 Å². The highest BCUT2D eigenvalue weighted by atomic mass is 19.1. The molecule has 2 rings (SSSR count). The van der Waals surface area contributed by atoms with Gasteiger partial charge in [0.15, 0.2) is 11.5 Å². The summed E-state index contributed by atoms with van der Waals surface area (Å²) in [5.74, 6) is -1.15. The number of carbonyl (C=O) groups is 1. The Balaban J connectivity index is 2.45. The van der Waals surface area contributed by atoms with Gasteiger partial charge in [0.25, 0.3) is 0 Å². The van der Waals surface area contributed by atoms with Crippen molar-refractivity contribution in [1.82, 2.24) is 0 Å². The number of hydrogen-bond donors (Lipinski definition) is 1. The molecule has 2 aromatic rings. The Bertz CT molecular complexity index is 737. The van der Waals surface area contributed by atoms with Gasteiger partial charge >= 0.3 is 5.97 Å². The first kappa shape index (κ1) is 14.3. The van der Waals surface area contributed by atoms with Gasteiger partial charge in [0.1, 0.15) is 17.6 Å². The summed E-state index contributed by atoms with van der Waals surface area (Å²) < 4.78 is 23.6.